The molecule has 3 rings (SSSR count). The minimum absolute atomic E-state index is 0.0473. The van der Waals surface area contributed by atoms with Crippen LogP contribution in [0.3, 0.4) is 0 Å². The summed E-state index contributed by atoms with van der Waals surface area (Å²) in [5, 5.41) is 11.3. The maximum Gasteiger partial charge on any atom is 0.311 e. The summed E-state index contributed by atoms with van der Waals surface area (Å²) in [6, 6.07) is 3.19. The molecule has 0 bridgehead atoms. The lowest BCUT2D eigenvalue weighted by Gasteiger charge is -2.29. The highest BCUT2D eigenvalue weighted by Crippen LogP contribution is 2.32. The number of anilines is 1. The Kier molecular flexibility index (Phi) is 6.28. The van der Waals surface area contributed by atoms with Crippen LogP contribution in [0.4, 0.5) is 11.5 Å². The van der Waals surface area contributed by atoms with Gasteiger partial charge in [0.05, 0.1) is 10.3 Å². The van der Waals surface area contributed by atoms with Gasteiger partial charge in [-0.05, 0) is 45.3 Å². The lowest BCUT2D eigenvalue weighted by molar-refractivity contribution is -0.384. The minimum Gasteiger partial charge on any atom is -0.350 e. The van der Waals surface area contributed by atoms with E-state index in [0.29, 0.717) is 25.3 Å². The van der Waals surface area contributed by atoms with Crippen LogP contribution >= 0.6 is 0 Å². The molecule has 1 aliphatic carbocycles. The van der Waals surface area contributed by atoms with E-state index in [1.54, 1.807) is 13.0 Å². The Labute approximate surface area is 171 Å². The van der Waals surface area contributed by atoms with Gasteiger partial charge in [-0.2, -0.15) is 0 Å². The van der Waals surface area contributed by atoms with Crippen LogP contribution in [0.5, 0.6) is 0 Å². The van der Waals surface area contributed by atoms with E-state index < -0.39 is 5.41 Å². The Morgan fingerprint density at radius 3 is 2.72 bits per heavy atom. The Hall–Kier alpha value is -3.20. The average Bonchev–Trinajstić information content (AvgIpc) is 2.68. The van der Waals surface area contributed by atoms with Gasteiger partial charge >= 0.3 is 5.69 Å². The summed E-state index contributed by atoms with van der Waals surface area (Å²) in [4.78, 5) is 29.0. The van der Waals surface area contributed by atoms with Gasteiger partial charge in [-0.3, -0.25) is 14.9 Å². The SMILES string of the molecule is CC(=O)CC1(C#CC=C2CCN(c3nc(C)ccc3[N+](=O)[O-])CC2)C=CC=CC1. The molecule has 1 aliphatic heterocycles. The number of rotatable bonds is 4. The Balaban J connectivity index is 1.70. The second-order valence-corrected chi connectivity index (χ2v) is 7.64. The lowest BCUT2D eigenvalue weighted by atomic mass is 9.78. The minimum atomic E-state index is -0.412. The van der Waals surface area contributed by atoms with Crippen LogP contribution < -0.4 is 4.90 Å². The molecule has 6 heteroatoms. The number of pyridine rings is 1. The van der Waals surface area contributed by atoms with E-state index >= 15 is 0 Å². The number of Topliss-reactive ketones (excluding diaryl/α,β-unsaturated/α-hetero) is 1. The van der Waals surface area contributed by atoms with Crippen molar-refractivity contribution in [2.24, 2.45) is 5.41 Å². The van der Waals surface area contributed by atoms with E-state index in [1.165, 1.54) is 11.6 Å². The number of ketones is 1. The normalized spacial score (nSPS) is 20.8. The molecule has 6 nitrogen and oxygen atoms in total. The maximum absolute atomic E-state index is 11.7. The number of aromatic nitrogens is 1. The summed E-state index contributed by atoms with van der Waals surface area (Å²) in [7, 11) is 0. The fourth-order valence-electron chi connectivity index (χ4n) is 3.72. The molecular weight excluding hydrogens is 366 g/mol. The van der Waals surface area contributed by atoms with Crippen molar-refractivity contribution in [1.29, 1.82) is 0 Å². The first-order chi connectivity index (χ1) is 13.9. The number of aryl methyl sites for hydroxylation is 1. The maximum atomic E-state index is 11.7. The average molecular weight is 391 g/mol. The highest BCUT2D eigenvalue weighted by molar-refractivity contribution is 5.77. The van der Waals surface area contributed by atoms with E-state index in [4.69, 9.17) is 0 Å². The van der Waals surface area contributed by atoms with Gasteiger partial charge in [0.15, 0.2) is 0 Å². The molecule has 0 N–H and O–H groups in total. The van der Waals surface area contributed by atoms with Gasteiger partial charge in [-0.1, -0.05) is 41.7 Å². The van der Waals surface area contributed by atoms with Crippen molar-refractivity contribution < 1.29 is 9.72 Å². The zero-order valence-corrected chi connectivity index (χ0v) is 16.9. The van der Waals surface area contributed by atoms with Crippen LogP contribution in [0.25, 0.3) is 0 Å². The standard InChI is InChI=1S/C23H25N3O3/c1-18-8-9-21(26(28)29)22(24-18)25-15-10-20(11-16-25)7-6-14-23(17-19(2)27)12-4-3-5-13-23/h3-5,7-9,12H,10-11,13,15-17H2,1-2H3. The summed E-state index contributed by atoms with van der Waals surface area (Å²) < 4.78 is 0. The smallest absolute Gasteiger partial charge is 0.311 e. The number of nitrogens with zero attached hydrogens (tertiary/aromatic N) is 3. The third kappa shape index (κ3) is 5.20. The molecular formula is C23H25N3O3. The summed E-state index contributed by atoms with van der Waals surface area (Å²) >= 11 is 0. The summed E-state index contributed by atoms with van der Waals surface area (Å²) in [5.74, 6) is 7.04. The van der Waals surface area contributed by atoms with Gasteiger partial charge in [-0.25, -0.2) is 4.98 Å². The first kappa shape index (κ1) is 20.5. The van der Waals surface area contributed by atoms with Gasteiger partial charge in [0.25, 0.3) is 0 Å². The molecule has 0 spiro atoms. The van der Waals surface area contributed by atoms with Crippen molar-refractivity contribution in [2.45, 2.75) is 39.5 Å². The number of piperidine rings is 1. The first-order valence-corrected chi connectivity index (χ1v) is 9.80. The second kappa shape index (κ2) is 8.87. The molecule has 1 atom stereocenters. The Bertz CT molecular complexity index is 955. The molecule has 0 amide bonds. The van der Waals surface area contributed by atoms with Crippen LogP contribution in [0.15, 0.2) is 48.1 Å². The van der Waals surface area contributed by atoms with Gasteiger partial charge in [0.1, 0.15) is 5.78 Å². The number of carbonyl (C=O) groups excluding carboxylic acids is 1. The molecule has 1 saturated heterocycles. The first-order valence-electron chi connectivity index (χ1n) is 9.80. The Morgan fingerprint density at radius 2 is 2.10 bits per heavy atom. The largest absolute Gasteiger partial charge is 0.350 e. The van der Waals surface area contributed by atoms with Crippen molar-refractivity contribution >= 4 is 17.3 Å². The summed E-state index contributed by atoms with van der Waals surface area (Å²) in [6.45, 7) is 4.78. The molecule has 29 heavy (non-hydrogen) atoms. The van der Waals surface area contributed by atoms with Crippen LogP contribution in [-0.4, -0.2) is 28.8 Å². The van der Waals surface area contributed by atoms with Gasteiger partial charge in [-0.15, -0.1) is 0 Å². The number of hydrogen-bond donors (Lipinski definition) is 0. The van der Waals surface area contributed by atoms with E-state index in [9.17, 15) is 14.9 Å². The molecule has 150 valence electrons. The van der Waals surface area contributed by atoms with Gasteiger partial charge < -0.3 is 4.90 Å². The zero-order valence-electron chi connectivity index (χ0n) is 16.9. The monoisotopic (exact) mass is 391 g/mol. The van der Waals surface area contributed by atoms with E-state index in [1.807, 2.05) is 42.2 Å². The Morgan fingerprint density at radius 1 is 1.34 bits per heavy atom. The highest BCUT2D eigenvalue weighted by atomic mass is 16.6. The number of hydrogen-bond acceptors (Lipinski definition) is 5. The molecule has 0 radical (unpaired) electrons. The number of carbonyl (C=O) groups is 1. The molecule has 0 aromatic carbocycles. The third-order valence-corrected chi connectivity index (χ3v) is 5.20. The van der Waals surface area contributed by atoms with Crippen molar-refractivity contribution in [3.05, 3.63) is 63.9 Å². The van der Waals surface area contributed by atoms with Gasteiger partial charge in [0, 0.05) is 31.3 Å². The van der Waals surface area contributed by atoms with Crippen LogP contribution in [0, 0.1) is 34.3 Å². The van der Waals surface area contributed by atoms with Crippen LogP contribution in [0.1, 0.15) is 38.3 Å². The lowest BCUT2D eigenvalue weighted by Crippen LogP contribution is -2.32. The predicted octanol–water partition coefficient (Wildman–Crippen LogP) is 4.31. The molecule has 1 unspecified atom stereocenters. The zero-order chi connectivity index (χ0) is 20.9. The fraction of sp³-hybridized carbons (Fsp3) is 0.391. The summed E-state index contributed by atoms with van der Waals surface area (Å²) in [6.07, 6.45) is 12.7. The third-order valence-electron chi connectivity index (χ3n) is 5.20. The number of nitro groups is 1. The van der Waals surface area contributed by atoms with Crippen molar-refractivity contribution in [3.8, 4) is 11.8 Å². The van der Waals surface area contributed by atoms with Crippen LogP contribution in [0.2, 0.25) is 0 Å². The molecule has 1 aromatic heterocycles. The fourth-order valence-corrected chi connectivity index (χ4v) is 3.72. The highest BCUT2D eigenvalue weighted by Gasteiger charge is 2.27. The van der Waals surface area contributed by atoms with E-state index in [2.05, 4.69) is 16.8 Å². The van der Waals surface area contributed by atoms with E-state index in [0.717, 1.165) is 25.0 Å². The predicted molar refractivity (Wildman–Crippen MR) is 114 cm³/mol. The quantitative estimate of drug-likeness (QED) is 0.434. The molecule has 1 aromatic rings. The van der Waals surface area contributed by atoms with Crippen molar-refractivity contribution in [1.82, 2.24) is 4.98 Å². The topological polar surface area (TPSA) is 76.3 Å². The molecule has 2 aliphatic rings. The molecule has 1 fully saturated rings. The van der Waals surface area contributed by atoms with Crippen molar-refractivity contribution in [2.75, 3.05) is 18.0 Å². The summed E-state index contributed by atoms with van der Waals surface area (Å²) in [5.41, 5.74) is 1.62. The molecule has 2 heterocycles. The second-order valence-electron chi connectivity index (χ2n) is 7.64. The van der Waals surface area contributed by atoms with Crippen molar-refractivity contribution in [3.63, 3.8) is 0 Å². The molecule has 0 saturated carbocycles. The van der Waals surface area contributed by atoms with E-state index in [-0.39, 0.29) is 16.4 Å². The van der Waals surface area contributed by atoms with Crippen LogP contribution in [-0.2, 0) is 4.79 Å². The number of allylic oxidation sites excluding steroid dienone is 5. The van der Waals surface area contributed by atoms with Gasteiger partial charge in [0.2, 0.25) is 5.82 Å².